The Bertz CT molecular complexity index is 548. The van der Waals surface area contributed by atoms with Crippen molar-refractivity contribution in [3.05, 3.63) is 24.3 Å². The fourth-order valence-corrected chi connectivity index (χ4v) is 3.69. The van der Waals surface area contributed by atoms with Gasteiger partial charge in [0.25, 0.3) is 0 Å². The highest BCUT2D eigenvalue weighted by atomic mass is 16.6. The number of allylic oxidation sites excluding steroid dienone is 2. The first-order chi connectivity index (χ1) is 10.9. The maximum Gasteiger partial charge on any atom is 0.347 e. The summed E-state index contributed by atoms with van der Waals surface area (Å²) in [7, 11) is 0. The lowest BCUT2D eigenvalue weighted by Gasteiger charge is -2.47. The van der Waals surface area contributed by atoms with Crippen LogP contribution in [0, 0.1) is 5.41 Å². The van der Waals surface area contributed by atoms with Gasteiger partial charge in [-0.05, 0) is 45.1 Å². The van der Waals surface area contributed by atoms with Crippen molar-refractivity contribution >= 4 is 17.7 Å². The van der Waals surface area contributed by atoms with Gasteiger partial charge in [0.1, 0.15) is 6.10 Å². The lowest BCUT2D eigenvalue weighted by atomic mass is 9.61. The molecule has 0 saturated heterocycles. The number of rotatable bonds is 5. The third-order valence-corrected chi connectivity index (χ3v) is 4.76. The number of esters is 2. The fourth-order valence-electron chi connectivity index (χ4n) is 3.69. The Morgan fingerprint density at radius 1 is 1.48 bits per heavy atom. The van der Waals surface area contributed by atoms with Crippen molar-refractivity contribution in [1.29, 1.82) is 0 Å². The Kier molecular flexibility index (Phi) is 5.39. The minimum absolute atomic E-state index is 0.139. The second kappa shape index (κ2) is 7.11. The lowest BCUT2D eigenvalue weighted by molar-refractivity contribution is -0.175. The van der Waals surface area contributed by atoms with E-state index in [9.17, 15) is 14.4 Å². The van der Waals surface area contributed by atoms with Crippen molar-refractivity contribution in [3.8, 4) is 0 Å². The summed E-state index contributed by atoms with van der Waals surface area (Å²) in [5, 5.41) is 0. The summed E-state index contributed by atoms with van der Waals surface area (Å²) >= 11 is 0. The standard InChI is InChI=1S/C18H24O5/c1-4-9-18-10-8-15(20)11-14(18)6-5-7-16(18)23-17(21)12(2)22-13(3)19/h4,11-12,16H,1,5-10H2,2-3H3/t12-,16-,18-/m0/s1. The van der Waals surface area contributed by atoms with Gasteiger partial charge >= 0.3 is 11.9 Å². The molecule has 0 heterocycles. The summed E-state index contributed by atoms with van der Waals surface area (Å²) in [6.07, 6.45) is 6.60. The molecule has 0 amide bonds. The first-order valence-electron chi connectivity index (χ1n) is 8.11. The number of ketones is 1. The van der Waals surface area contributed by atoms with E-state index in [4.69, 9.17) is 9.47 Å². The summed E-state index contributed by atoms with van der Waals surface area (Å²) in [5.41, 5.74) is 0.734. The molecule has 3 atom stereocenters. The molecule has 23 heavy (non-hydrogen) atoms. The molecule has 5 heteroatoms. The van der Waals surface area contributed by atoms with Crippen LogP contribution in [0.15, 0.2) is 24.3 Å². The number of ether oxygens (including phenoxy) is 2. The van der Waals surface area contributed by atoms with Gasteiger partial charge in [-0.2, -0.15) is 0 Å². The highest BCUT2D eigenvalue weighted by molar-refractivity contribution is 5.91. The molecule has 0 N–H and O–H groups in total. The molecule has 0 unspecified atom stereocenters. The maximum atomic E-state index is 12.2. The molecule has 0 radical (unpaired) electrons. The van der Waals surface area contributed by atoms with Crippen molar-refractivity contribution < 1.29 is 23.9 Å². The van der Waals surface area contributed by atoms with Crippen LogP contribution in [0.25, 0.3) is 0 Å². The molecular formula is C18H24O5. The lowest BCUT2D eigenvalue weighted by Crippen LogP contribution is -2.46. The Morgan fingerprint density at radius 2 is 2.22 bits per heavy atom. The zero-order valence-electron chi connectivity index (χ0n) is 13.8. The van der Waals surface area contributed by atoms with E-state index in [0.29, 0.717) is 19.3 Å². The molecule has 5 nitrogen and oxygen atoms in total. The van der Waals surface area contributed by atoms with Gasteiger partial charge in [0.05, 0.1) is 0 Å². The summed E-state index contributed by atoms with van der Waals surface area (Å²) in [5.74, 6) is -0.908. The van der Waals surface area contributed by atoms with E-state index in [1.165, 1.54) is 13.8 Å². The Balaban J connectivity index is 2.20. The fraction of sp³-hybridized carbons (Fsp3) is 0.611. The molecule has 1 saturated carbocycles. The van der Waals surface area contributed by atoms with E-state index in [-0.39, 0.29) is 17.3 Å². The largest absolute Gasteiger partial charge is 0.459 e. The zero-order chi connectivity index (χ0) is 17.0. The second-order valence-corrected chi connectivity index (χ2v) is 6.35. The van der Waals surface area contributed by atoms with Gasteiger partial charge < -0.3 is 9.47 Å². The summed E-state index contributed by atoms with van der Waals surface area (Å²) in [4.78, 5) is 35.0. The predicted octanol–water partition coefficient (Wildman–Crippen LogP) is 2.89. The predicted molar refractivity (Wildman–Crippen MR) is 84.5 cm³/mol. The van der Waals surface area contributed by atoms with E-state index < -0.39 is 18.0 Å². The zero-order valence-corrected chi connectivity index (χ0v) is 13.8. The normalized spacial score (nSPS) is 28.2. The van der Waals surface area contributed by atoms with Crippen LogP contribution < -0.4 is 0 Å². The van der Waals surface area contributed by atoms with Crippen LogP contribution in [-0.4, -0.2) is 29.9 Å². The highest BCUT2D eigenvalue weighted by Gasteiger charge is 2.47. The van der Waals surface area contributed by atoms with Crippen molar-refractivity contribution in [3.63, 3.8) is 0 Å². The summed E-state index contributed by atoms with van der Waals surface area (Å²) < 4.78 is 10.6. The second-order valence-electron chi connectivity index (χ2n) is 6.35. The van der Waals surface area contributed by atoms with Crippen LogP contribution in [0.4, 0.5) is 0 Å². The van der Waals surface area contributed by atoms with E-state index in [1.807, 2.05) is 6.08 Å². The first-order valence-corrected chi connectivity index (χ1v) is 8.11. The monoisotopic (exact) mass is 320 g/mol. The van der Waals surface area contributed by atoms with E-state index in [2.05, 4.69) is 6.58 Å². The van der Waals surface area contributed by atoms with Crippen LogP contribution in [0.1, 0.15) is 52.4 Å². The molecule has 2 rings (SSSR count). The van der Waals surface area contributed by atoms with E-state index >= 15 is 0 Å². The van der Waals surface area contributed by atoms with Crippen LogP contribution >= 0.6 is 0 Å². The molecule has 0 spiro atoms. The van der Waals surface area contributed by atoms with Crippen LogP contribution in [-0.2, 0) is 23.9 Å². The molecule has 126 valence electrons. The number of hydrogen-bond donors (Lipinski definition) is 0. The smallest absolute Gasteiger partial charge is 0.347 e. The van der Waals surface area contributed by atoms with Gasteiger partial charge in [-0.15, -0.1) is 6.58 Å². The number of carbonyl (C=O) groups excluding carboxylic acids is 3. The van der Waals surface area contributed by atoms with Crippen LogP contribution in [0.5, 0.6) is 0 Å². The third kappa shape index (κ3) is 3.71. The van der Waals surface area contributed by atoms with Crippen molar-refractivity contribution in [1.82, 2.24) is 0 Å². The highest BCUT2D eigenvalue weighted by Crippen LogP contribution is 2.50. The molecule has 1 fully saturated rings. The number of hydrogen-bond acceptors (Lipinski definition) is 5. The molecule has 0 aromatic rings. The summed E-state index contributed by atoms with van der Waals surface area (Å²) in [6.45, 7) is 6.59. The molecule has 2 aliphatic rings. The molecule has 2 aliphatic carbocycles. The van der Waals surface area contributed by atoms with Crippen LogP contribution in [0.2, 0.25) is 0 Å². The van der Waals surface area contributed by atoms with Gasteiger partial charge in [-0.25, -0.2) is 4.79 Å². The topological polar surface area (TPSA) is 69.7 Å². The Hall–Kier alpha value is -1.91. The van der Waals surface area contributed by atoms with Gasteiger partial charge in [0, 0.05) is 18.8 Å². The van der Waals surface area contributed by atoms with Gasteiger partial charge in [0.2, 0.25) is 0 Å². The van der Waals surface area contributed by atoms with Crippen molar-refractivity contribution in [2.45, 2.75) is 64.6 Å². The minimum atomic E-state index is -0.923. The molecular weight excluding hydrogens is 296 g/mol. The minimum Gasteiger partial charge on any atom is -0.459 e. The Morgan fingerprint density at radius 3 is 2.87 bits per heavy atom. The average Bonchev–Trinajstić information content (AvgIpc) is 2.48. The SMILES string of the molecule is C=CC[C@]12CCC(=O)C=C1CCC[C@@H]2OC(=O)[C@H](C)OC(C)=O. The van der Waals surface area contributed by atoms with Crippen molar-refractivity contribution in [2.75, 3.05) is 0 Å². The van der Waals surface area contributed by atoms with Gasteiger partial charge in [-0.3, -0.25) is 9.59 Å². The molecule has 0 aliphatic heterocycles. The van der Waals surface area contributed by atoms with E-state index in [0.717, 1.165) is 24.8 Å². The van der Waals surface area contributed by atoms with Gasteiger partial charge in [-0.1, -0.05) is 11.6 Å². The maximum absolute atomic E-state index is 12.2. The molecule has 0 bridgehead atoms. The van der Waals surface area contributed by atoms with Gasteiger partial charge in [0.15, 0.2) is 11.9 Å². The van der Waals surface area contributed by atoms with Crippen molar-refractivity contribution in [2.24, 2.45) is 5.41 Å². The average molecular weight is 320 g/mol. The van der Waals surface area contributed by atoms with Crippen LogP contribution in [0.3, 0.4) is 0 Å². The molecule has 0 aromatic carbocycles. The Labute approximate surface area is 136 Å². The third-order valence-electron chi connectivity index (χ3n) is 4.76. The number of fused-ring (bicyclic) bond motifs is 1. The molecule has 0 aromatic heterocycles. The summed E-state index contributed by atoms with van der Waals surface area (Å²) in [6, 6.07) is 0. The van der Waals surface area contributed by atoms with E-state index in [1.54, 1.807) is 6.08 Å². The number of carbonyl (C=O) groups is 3. The first kappa shape index (κ1) is 17.4. The quantitative estimate of drug-likeness (QED) is 0.575.